The molecule has 4 heterocycles. The van der Waals surface area contributed by atoms with Gasteiger partial charge in [-0.05, 0) is 148 Å². The number of anilines is 4. The van der Waals surface area contributed by atoms with E-state index in [-0.39, 0.29) is 79.7 Å². The molecule has 0 spiro atoms. The Kier molecular flexibility index (Phi) is 18.9. The van der Waals surface area contributed by atoms with Crippen LogP contribution in [0.4, 0.5) is 22.7 Å². The third-order valence-corrected chi connectivity index (χ3v) is 21.4. The highest BCUT2D eigenvalue weighted by Gasteiger charge is 2.41. The highest BCUT2D eigenvalue weighted by molar-refractivity contribution is 8.77. The highest BCUT2D eigenvalue weighted by Crippen LogP contribution is 2.44. The summed E-state index contributed by atoms with van der Waals surface area (Å²) in [5, 5.41) is 4.02. The standard InChI is InChI=1S/C64H75N5O12S3/c1-10-54(70)59(84(76,77)78)25-39(4)82-83-64(6,7)22-21-60(72)65-40(5)55(71)24-38(3)61(73)66-46-27-41(35-80-56-33-53-50(23-37(56)2)63(75)69-48(34-67(53)8)30-45-16-12-14-18-52(45)69)26-42(28-46)36-81-58-31-43-19-20-47-29-44-15-11-13-17-51(44)68(47)62(74)49(43)32-57(58)79-9/h11-18,23,26-28,31-33,38-40,47-48,59H,10,19-22,24-25,29-30,34-36H2,1-9H3,(H,65,72)(H,66,73)(H,76,77,78)/t38-,39?,40+,47-,48+,59?/m1/s1. The number of nitrogens with zero attached hydrogens (tertiary/aromatic N) is 3. The summed E-state index contributed by atoms with van der Waals surface area (Å²) < 4.78 is 51.9. The van der Waals surface area contributed by atoms with E-state index in [0.717, 1.165) is 58.6 Å². The summed E-state index contributed by atoms with van der Waals surface area (Å²) in [4.78, 5) is 87.4. The molecule has 0 saturated carbocycles. The van der Waals surface area contributed by atoms with E-state index >= 15 is 0 Å². The number of ether oxygens (including phenoxy) is 3. The number of benzene rings is 5. The minimum absolute atomic E-state index is 0.0117. The van der Waals surface area contributed by atoms with Crippen LogP contribution in [-0.4, -0.2) is 102 Å². The second-order valence-electron chi connectivity index (χ2n) is 23.3. The summed E-state index contributed by atoms with van der Waals surface area (Å²) in [6.07, 6.45) is 3.32. The van der Waals surface area contributed by atoms with Gasteiger partial charge >= 0.3 is 0 Å². The summed E-state index contributed by atoms with van der Waals surface area (Å²) in [7, 11) is 1.82. The number of para-hydroxylation sites is 2. The van der Waals surface area contributed by atoms with Crippen LogP contribution in [0.25, 0.3) is 0 Å². The Morgan fingerprint density at radius 2 is 1.39 bits per heavy atom. The number of hydrogen-bond acceptors (Lipinski definition) is 14. The third-order valence-electron chi connectivity index (χ3n) is 16.3. The van der Waals surface area contributed by atoms with Crippen molar-refractivity contribution in [1.29, 1.82) is 0 Å². The van der Waals surface area contributed by atoms with Crippen LogP contribution in [0.2, 0.25) is 0 Å². The topological polar surface area (TPSA) is 218 Å². The molecule has 0 fully saturated rings. The molecule has 0 saturated heterocycles. The molecule has 4 aliphatic rings. The number of carbonyl (C=O) groups excluding carboxylic acids is 6. The number of fused-ring (bicyclic) bond motifs is 8. The minimum atomic E-state index is -4.54. The number of amides is 4. The smallest absolute Gasteiger partial charge is 0.275 e. The number of hydrogen-bond donors (Lipinski definition) is 3. The van der Waals surface area contributed by atoms with Crippen molar-refractivity contribution in [2.75, 3.05) is 40.7 Å². The number of carbonyl (C=O) groups is 6. The van der Waals surface area contributed by atoms with Crippen LogP contribution in [0.3, 0.4) is 0 Å². The summed E-state index contributed by atoms with van der Waals surface area (Å²) in [5.74, 6) is -1.11. The van der Waals surface area contributed by atoms with E-state index in [2.05, 4.69) is 27.7 Å². The van der Waals surface area contributed by atoms with Gasteiger partial charge in [0.1, 0.15) is 24.2 Å². The van der Waals surface area contributed by atoms with Crippen LogP contribution in [0.15, 0.2) is 91.0 Å². The number of nitrogens with one attached hydrogen (secondary N) is 2. The zero-order valence-electron chi connectivity index (χ0n) is 49.1. The lowest BCUT2D eigenvalue weighted by Gasteiger charge is -2.26. The molecule has 0 aromatic heterocycles. The molecule has 5 aromatic rings. The van der Waals surface area contributed by atoms with E-state index in [4.69, 9.17) is 14.2 Å². The van der Waals surface area contributed by atoms with E-state index < -0.39 is 43.8 Å². The van der Waals surface area contributed by atoms with E-state index in [1.54, 1.807) is 45.9 Å². The molecule has 0 bridgehead atoms. The molecular weight excluding hydrogens is 1130 g/mol. The van der Waals surface area contributed by atoms with Gasteiger partial charge in [-0.1, -0.05) is 78.8 Å². The molecule has 5 aromatic carbocycles. The Morgan fingerprint density at radius 3 is 2.04 bits per heavy atom. The van der Waals surface area contributed by atoms with Gasteiger partial charge in [0.15, 0.2) is 23.1 Å². The maximum atomic E-state index is 14.3. The summed E-state index contributed by atoms with van der Waals surface area (Å²) in [6.45, 7) is 13.1. The van der Waals surface area contributed by atoms with Crippen LogP contribution >= 0.6 is 21.6 Å². The zero-order valence-corrected chi connectivity index (χ0v) is 51.6. The van der Waals surface area contributed by atoms with Gasteiger partial charge in [-0.25, -0.2) is 0 Å². The van der Waals surface area contributed by atoms with Gasteiger partial charge in [-0.15, -0.1) is 0 Å². The Hall–Kier alpha value is -6.87. The molecule has 446 valence electrons. The number of Topliss-reactive ketones (excluding diaryl/α,β-unsaturated/α-hetero) is 2. The number of aryl methyl sites for hydroxylation is 2. The van der Waals surface area contributed by atoms with Gasteiger partial charge < -0.3 is 39.5 Å². The maximum Gasteiger partial charge on any atom is 0.275 e. The molecule has 6 atom stereocenters. The second-order valence-corrected chi connectivity index (χ2v) is 28.3. The molecule has 4 aliphatic heterocycles. The van der Waals surface area contributed by atoms with Gasteiger partial charge in [-0.2, -0.15) is 8.42 Å². The SMILES string of the molecule is CCC(=O)C(CC(C)SSC(C)(C)CCC(=O)N[C@@H](C)C(=O)C[C@@H](C)C(=O)Nc1cc(COc2cc3c(cc2C)C(=O)N2c4ccccc4C[C@H]2CN3C)cc(COc2cc3c(cc2OC)C(=O)N2c4ccccc4C[C@H]2CC3)c1)S(=O)(=O)O. The normalized spacial score (nSPS) is 17.7. The molecule has 84 heavy (non-hydrogen) atoms. The van der Waals surface area contributed by atoms with Crippen molar-refractivity contribution in [3.63, 3.8) is 0 Å². The number of ketones is 2. The fourth-order valence-corrected chi connectivity index (χ4v) is 15.4. The van der Waals surface area contributed by atoms with Crippen molar-refractivity contribution in [2.45, 2.75) is 153 Å². The van der Waals surface area contributed by atoms with Crippen LogP contribution in [0, 0.1) is 12.8 Å². The average molecular weight is 1200 g/mol. The fraction of sp³-hybridized carbons (Fsp3) is 0.438. The number of likely N-dealkylation sites (N-methyl/N-ethyl adjacent to an activating group) is 1. The van der Waals surface area contributed by atoms with E-state index in [0.29, 0.717) is 64.6 Å². The zero-order chi connectivity index (χ0) is 60.4. The van der Waals surface area contributed by atoms with E-state index in [9.17, 15) is 41.7 Å². The molecule has 2 unspecified atom stereocenters. The average Bonchev–Trinajstić information content (AvgIpc) is 1.83. The van der Waals surface area contributed by atoms with Crippen LogP contribution in [0.5, 0.6) is 17.2 Å². The quantitative estimate of drug-likeness (QED) is 0.0387. The first kappa shape index (κ1) is 61.7. The lowest BCUT2D eigenvalue weighted by atomic mass is 9.99. The van der Waals surface area contributed by atoms with Crippen molar-refractivity contribution < 1.29 is 55.9 Å². The van der Waals surface area contributed by atoms with Gasteiger partial charge in [0.2, 0.25) is 11.8 Å². The molecule has 9 rings (SSSR count). The van der Waals surface area contributed by atoms with Crippen molar-refractivity contribution in [2.24, 2.45) is 5.92 Å². The summed E-state index contributed by atoms with van der Waals surface area (Å²) >= 11 is 0. The third kappa shape index (κ3) is 13.9. The molecular formula is C64H75N5O12S3. The lowest BCUT2D eigenvalue weighted by Crippen LogP contribution is -2.41. The first-order chi connectivity index (χ1) is 39.9. The van der Waals surface area contributed by atoms with Crippen LogP contribution < -0.4 is 39.5 Å². The number of rotatable bonds is 24. The number of methoxy groups -OCH3 is 1. The van der Waals surface area contributed by atoms with Crippen LogP contribution in [0.1, 0.15) is 134 Å². The fourth-order valence-electron chi connectivity index (χ4n) is 11.7. The first-order valence-electron chi connectivity index (χ1n) is 28.7. The Balaban J connectivity index is 0.874. The van der Waals surface area contributed by atoms with Crippen molar-refractivity contribution in [3.05, 3.63) is 136 Å². The monoisotopic (exact) mass is 1200 g/mol. The summed E-state index contributed by atoms with van der Waals surface area (Å²) in [5.41, 5.74) is 9.58. The van der Waals surface area contributed by atoms with Gasteiger partial charge in [-0.3, -0.25) is 33.3 Å². The molecule has 3 N–H and O–H groups in total. The highest BCUT2D eigenvalue weighted by atomic mass is 33.1. The van der Waals surface area contributed by atoms with E-state index in [1.165, 1.54) is 28.7 Å². The van der Waals surface area contributed by atoms with Gasteiger partial charge in [0.25, 0.3) is 21.9 Å². The Morgan fingerprint density at radius 1 is 0.774 bits per heavy atom. The molecule has 0 radical (unpaired) electrons. The molecule has 17 nitrogen and oxygen atoms in total. The maximum absolute atomic E-state index is 14.3. The minimum Gasteiger partial charge on any atom is -0.493 e. The van der Waals surface area contributed by atoms with Gasteiger partial charge in [0, 0.05) is 83.5 Å². The predicted octanol–water partition coefficient (Wildman–Crippen LogP) is 10.7. The van der Waals surface area contributed by atoms with Gasteiger partial charge in [0.05, 0.1) is 30.4 Å². The predicted molar refractivity (Wildman–Crippen MR) is 331 cm³/mol. The van der Waals surface area contributed by atoms with Crippen molar-refractivity contribution in [1.82, 2.24) is 5.32 Å². The Labute approximate surface area is 500 Å². The van der Waals surface area contributed by atoms with Crippen LogP contribution in [-0.2, 0) is 61.8 Å². The molecule has 20 heteroatoms. The van der Waals surface area contributed by atoms with Crippen molar-refractivity contribution >= 4 is 89.7 Å². The van der Waals surface area contributed by atoms with E-state index in [1.807, 2.05) is 98.3 Å². The largest absolute Gasteiger partial charge is 0.493 e. The first-order valence-corrected chi connectivity index (χ1v) is 32.4. The Bertz CT molecular complexity index is 3500. The summed E-state index contributed by atoms with van der Waals surface area (Å²) in [6, 6.07) is 28.2. The van der Waals surface area contributed by atoms with Crippen molar-refractivity contribution in [3.8, 4) is 17.2 Å². The molecule has 4 amide bonds. The lowest BCUT2D eigenvalue weighted by molar-refractivity contribution is -0.129. The molecule has 0 aliphatic carbocycles. The second kappa shape index (κ2) is 25.8.